The Balaban J connectivity index is 1.53. The number of H-pyrrole nitrogens is 2. The number of piperidine rings is 1. The Hall–Kier alpha value is -2.25. The average Bonchev–Trinajstić information content (AvgIpc) is 3.35. The van der Waals surface area contributed by atoms with Crippen molar-refractivity contribution in [3.05, 3.63) is 46.2 Å². The maximum absolute atomic E-state index is 12.8. The fourth-order valence-electron chi connectivity index (χ4n) is 3.25. The summed E-state index contributed by atoms with van der Waals surface area (Å²) in [6.07, 6.45) is 5.00. The van der Waals surface area contributed by atoms with Crippen LogP contribution in [0.15, 0.2) is 29.0 Å². The number of hydrogen-bond donors (Lipinski definition) is 2. The summed E-state index contributed by atoms with van der Waals surface area (Å²) in [7, 11) is 0. The van der Waals surface area contributed by atoms with Gasteiger partial charge in [0.05, 0.1) is 21.7 Å². The smallest absolute Gasteiger partial charge is 0.270 e. The maximum Gasteiger partial charge on any atom is 0.270 e. The molecule has 0 radical (unpaired) electrons. The number of nitrogens with zero attached hydrogens (tertiary/aromatic N) is 3. The molecular weight excluding hydrogens is 377 g/mol. The van der Waals surface area contributed by atoms with E-state index in [2.05, 4.69) is 20.1 Å². The van der Waals surface area contributed by atoms with Gasteiger partial charge in [-0.25, -0.2) is 0 Å². The number of aromatic nitrogens is 4. The predicted octanol–water partition coefficient (Wildman–Crippen LogP) is 4.11. The summed E-state index contributed by atoms with van der Waals surface area (Å²) in [6, 6.07) is 3.51. The van der Waals surface area contributed by atoms with E-state index in [1.165, 1.54) is 0 Å². The minimum atomic E-state index is -0.0787. The van der Waals surface area contributed by atoms with Gasteiger partial charge in [-0.05, 0) is 31.9 Å². The summed E-state index contributed by atoms with van der Waals surface area (Å²) < 4.78 is 5.45. The second kappa shape index (κ2) is 6.81. The third kappa shape index (κ3) is 3.24. The van der Waals surface area contributed by atoms with E-state index >= 15 is 0 Å². The van der Waals surface area contributed by atoms with Crippen molar-refractivity contribution in [3.63, 3.8) is 0 Å². The zero-order valence-electron chi connectivity index (χ0n) is 14.0. The van der Waals surface area contributed by atoms with Gasteiger partial charge >= 0.3 is 0 Å². The number of aromatic amines is 2. The van der Waals surface area contributed by atoms with Crippen molar-refractivity contribution >= 4 is 29.1 Å². The summed E-state index contributed by atoms with van der Waals surface area (Å²) in [5.41, 5.74) is 1.18. The molecule has 9 heteroatoms. The van der Waals surface area contributed by atoms with Gasteiger partial charge in [0.1, 0.15) is 5.69 Å². The Bertz CT molecular complexity index is 931. The normalized spacial score (nSPS) is 20.5. The lowest BCUT2D eigenvalue weighted by atomic mass is 9.93. The first-order chi connectivity index (χ1) is 12.5. The largest absolute Gasteiger partial charge is 0.357 e. The quantitative estimate of drug-likeness (QED) is 0.700. The first-order valence-electron chi connectivity index (χ1n) is 8.34. The fourth-order valence-corrected chi connectivity index (χ4v) is 3.57. The molecular formula is C17H17Cl2N5O2. The molecule has 1 aliphatic heterocycles. The van der Waals surface area contributed by atoms with Crippen molar-refractivity contribution in [1.82, 2.24) is 25.0 Å². The number of amides is 1. The molecule has 26 heavy (non-hydrogen) atoms. The van der Waals surface area contributed by atoms with E-state index in [-0.39, 0.29) is 17.9 Å². The Morgan fingerprint density at radius 1 is 1.23 bits per heavy atom. The second-order valence-electron chi connectivity index (χ2n) is 6.50. The monoisotopic (exact) mass is 393 g/mol. The van der Waals surface area contributed by atoms with E-state index in [0.29, 0.717) is 39.7 Å². The van der Waals surface area contributed by atoms with Crippen LogP contribution in [0.2, 0.25) is 10.0 Å². The highest BCUT2D eigenvalue weighted by Crippen LogP contribution is 2.31. The number of nitrogens with one attached hydrogen (secondary N) is 2. The van der Waals surface area contributed by atoms with Crippen LogP contribution in [-0.2, 0) is 0 Å². The molecule has 0 aliphatic carbocycles. The first kappa shape index (κ1) is 17.2. The number of hydrogen-bond acceptors (Lipinski definition) is 4. The Labute approximate surface area is 159 Å². The molecule has 3 aromatic heterocycles. The van der Waals surface area contributed by atoms with Gasteiger partial charge in [0.25, 0.3) is 5.91 Å². The highest BCUT2D eigenvalue weighted by Gasteiger charge is 2.33. The van der Waals surface area contributed by atoms with Crippen LogP contribution in [0.5, 0.6) is 0 Å². The summed E-state index contributed by atoms with van der Waals surface area (Å²) in [6.45, 7) is 2.56. The van der Waals surface area contributed by atoms with Crippen molar-refractivity contribution in [2.75, 3.05) is 6.54 Å². The third-order valence-electron chi connectivity index (χ3n) is 4.70. The molecule has 2 atom stereocenters. The first-order valence-corrected chi connectivity index (χ1v) is 9.09. The van der Waals surface area contributed by atoms with Crippen molar-refractivity contribution in [2.24, 2.45) is 0 Å². The zero-order valence-corrected chi connectivity index (χ0v) is 15.5. The number of halogens is 2. The Morgan fingerprint density at radius 2 is 2.00 bits per heavy atom. The molecule has 0 spiro atoms. The van der Waals surface area contributed by atoms with Crippen molar-refractivity contribution in [3.8, 4) is 11.5 Å². The fraction of sp³-hybridized carbons (Fsp3) is 0.353. The molecule has 0 bridgehead atoms. The number of likely N-dealkylation sites (tertiary alicyclic amines) is 1. The van der Waals surface area contributed by atoms with Crippen LogP contribution in [-0.4, -0.2) is 43.5 Å². The molecule has 2 N–H and O–H groups in total. The van der Waals surface area contributed by atoms with E-state index in [0.717, 1.165) is 12.8 Å². The number of rotatable bonds is 3. The lowest BCUT2D eigenvalue weighted by Crippen LogP contribution is -2.45. The van der Waals surface area contributed by atoms with E-state index in [1.807, 2.05) is 11.8 Å². The third-order valence-corrected chi connectivity index (χ3v) is 5.14. The second-order valence-corrected chi connectivity index (χ2v) is 7.37. The summed E-state index contributed by atoms with van der Waals surface area (Å²) in [5.74, 6) is 0.900. The standard InChI is InChI=1S/C17H17Cl2N5O2/c1-9-2-3-10(8-24(9)17(25)14-5-12(19)7-21-14)16-22-15(23-26-16)13-4-11(18)6-20-13/h4-7,9-10,20-21H,2-3,8H2,1H3. The van der Waals surface area contributed by atoms with Crippen molar-refractivity contribution < 1.29 is 9.32 Å². The summed E-state index contributed by atoms with van der Waals surface area (Å²) in [5, 5.41) is 5.12. The zero-order chi connectivity index (χ0) is 18.3. The topological polar surface area (TPSA) is 90.8 Å². The molecule has 1 aliphatic rings. The molecule has 136 valence electrons. The van der Waals surface area contributed by atoms with Crippen LogP contribution in [0, 0.1) is 0 Å². The van der Waals surface area contributed by atoms with Crippen LogP contribution in [0.1, 0.15) is 42.1 Å². The Kier molecular flexibility index (Phi) is 4.50. The van der Waals surface area contributed by atoms with Gasteiger partial charge in [-0.2, -0.15) is 4.98 Å². The van der Waals surface area contributed by atoms with Crippen molar-refractivity contribution in [1.29, 1.82) is 0 Å². The minimum absolute atomic E-state index is 0.00716. The summed E-state index contributed by atoms with van der Waals surface area (Å²) >= 11 is 11.8. The van der Waals surface area contributed by atoms with Gasteiger partial charge in [-0.15, -0.1) is 0 Å². The molecule has 2 unspecified atom stereocenters. The molecule has 4 rings (SSSR count). The molecule has 4 heterocycles. The van der Waals surface area contributed by atoms with Crippen molar-refractivity contribution in [2.45, 2.75) is 31.7 Å². The maximum atomic E-state index is 12.8. The van der Waals surface area contributed by atoms with Gasteiger partial charge in [-0.1, -0.05) is 28.4 Å². The number of carbonyl (C=O) groups excluding carboxylic acids is 1. The molecule has 0 saturated carbocycles. The highest BCUT2D eigenvalue weighted by molar-refractivity contribution is 6.31. The van der Waals surface area contributed by atoms with E-state index in [1.54, 1.807) is 24.5 Å². The van der Waals surface area contributed by atoms with Crippen LogP contribution >= 0.6 is 23.2 Å². The van der Waals surface area contributed by atoms with Crippen LogP contribution in [0.25, 0.3) is 11.5 Å². The van der Waals surface area contributed by atoms with Gasteiger partial charge in [0.2, 0.25) is 11.7 Å². The van der Waals surface area contributed by atoms with Crippen LogP contribution in [0.3, 0.4) is 0 Å². The molecule has 3 aromatic rings. The highest BCUT2D eigenvalue weighted by atomic mass is 35.5. The Morgan fingerprint density at radius 3 is 2.69 bits per heavy atom. The minimum Gasteiger partial charge on any atom is -0.357 e. The van der Waals surface area contributed by atoms with Gasteiger partial charge in [0, 0.05) is 25.0 Å². The van der Waals surface area contributed by atoms with Gasteiger partial charge in [0.15, 0.2) is 0 Å². The average molecular weight is 394 g/mol. The molecule has 7 nitrogen and oxygen atoms in total. The molecule has 0 aromatic carbocycles. The van der Waals surface area contributed by atoms with E-state index in [4.69, 9.17) is 27.7 Å². The molecule has 1 fully saturated rings. The molecule has 1 amide bonds. The van der Waals surface area contributed by atoms with Gasteiger partial charge < -0.3 is 19.4 Å². The van der Waals surface area contributed by atoms with Crippen LogP contribution in [0.4, 0.5) is 0 Å². The number of carbonyl (C=O) groups is 1. The van der Waals surface area contributed by atoms with Gasteiger partial charge in [-0.3, -0.25) is 4.79 Å². The SMILES string of the molecule is CC1CCC(c2nc(-c3cc(Cl)c[nH]3)no2)CN1C(=O)c1cc(Cl)c[nH]1. The van der Waals surface area contributed by atoms with Crippen LogP contribution < -0.4 is 0 Å². The molecule has 1 saturated heterocycles. The summed E-state index contributed by atoms with van der Waals surface area (Å²) in [4.78, 5) is 25.0. The lowest BCUT2D eigenvalue weighted by Gasteiger charge is -2.36. The lowest BCUT2D eigenvalue weighted by molar-refractivity contribution is 0.0588. The predicted molar refractivity (Wildman–Crippen MR) is 97.4 cm³/mol. The van der Waals surface area contributed by atoms with E-state index in [9.17, 15) is 4.79 Å². The van der Waals surface area contributed by atoms with E-state index < -0.39 is 0 Å².